The number of nitrogens with zero attached hydrogens (tertiary/aromatic N) is 2. The molecule has 0 saturated carbocycles. The van der Waals surface area contributed by atoms with E-state index in [1.807, 2.05) is 31.2 Å². The Morgan fingerprint density at radius 2 is 2.04 bits per heavy atom. The third-order valence-electron chi connectivity index (χ3n) is 3.92. The van der Waals surface area contributed by atoms with Gasteiger partial charge in [0.1, 0.15) is 5.75 Å². The fraction of sp³-hybridized carbons (Fsp3) is 0.211. The van der Waals surface area contributed by atoms with Crippen LogP contribution in [0.25, 0.3) is 22.3 Å². The number of aryl methyl sites for hydroxylation is 1. The minimum atomic E-state index is -0.0646. The minimum absolute atomic E-state index is 0.0646. The van der Waals surface area contributed by atoms with Gasteiger partial charge < -0.3 is 10.1 Å². The normalized spacial score (nSPS) is 10.7. The predicted octanol–water partition coefficient (Wildman–Crippen LogP) is 4.62. The van der Waals surface area contributed by atoms with Crippen LogP contribution in [0, 0.1) is 6.92 Å². The van der Waals surface area contributed by atoms with E-state index in [0.29, 0.717) is 22.9 Å². The standard InChI is InChI=1S/C19H18ClN3O2/c1-4-19(24)23-17-8-13-11(2)7-16(14-6-5-12(20)10-21-14)22-15(13)9-18(17)25-3/h5-10H,4H2,1-3H3,(H,23,24). The van der Waals surface area contributed by atoms with Crippen molar-refractivity contribution in [2.24, 2.45) is 0 Å². The largest absolute Gasteiger partial charge is 0.494 e. The number of nitrogens with one attached hydrogen (secondary N) is 1. The molecule has 1 aromatic carbocycles. The summed E-state index contributed by atoms with van der Waals surface area (Å²) in [5.74, 6) is 0.507. The van der Waals surface area contributed by atoms with Crippen LogP contribution in [0.1, 0.15) is 18.9 Å². The number of carbonyl (C=O) groups is 1. The SMILES string of the molecule is CCC(=O)Nc1cc2c(C)cc(-c3ccc(Cl)cn3)nc2cc1OC. The van der Waals surface area contributed by atoms with Crippen molar-refractivity contribution in [2.75, 3.05) is 12.4 Å². The fourth-order valence-corrected chi connectivity index (χ4v) is 2.70. The summed E-state index contributed by atoms with van der Waals surface area (Å²) in [5.41, 5.74) is 3.96. The zero-order valence-electron chi connectivity index (χ0n) is 14.3. The molecule has 3 rings (SSSR count). The van der Waals surface area contributed by atoms with Gasteiger partial charge in [0.15, 0.2) is 0 Å². The van der Waals surface area contributed by atoms with E-state index in [9.17, 15) is 4.79 Å². The van der Waals surface area contributed by atoms with Crippen molar-refractivity contribution in [1.82, 2.24) is 9.97 Å². The van der Waals surface area contributed by atoms with Crippen molar-refractivity contribution in [3.8, 4) is 17.1 Å². The van der Waals surface area contributed by atoms with E-state index in [2.05, 4.69) is 15.3 Å². The molecule has 3 aromatic rings. The molecule has 0 aliphatic heterocycles. The van der Waals surface area contributed by atoms with Crippen LogP contribution in [0.5, 0.6) is 5.75 Å². The summed E-state index contributed by atoms with van der Waals surface area (Å²) in [7, 11) is 1.57. The maximum atomic E-state index is 11.7. The summed E-state index contributed by atoms with van der Waals surface area (Å²) < 4.78 is 5.41. The Morgan fingerprint density at radius 3 is 2.68 bits per heavy atom. The fourth-order valence-electron chi connectivity index (χ4n) is 2.59. The molecular formula is C19H18ClN3O2. The Kier molecular flexibility index (Phi) is 4.86. The van der Waals surface area contributed by atoms with E-state index in [-0.39, 0.29) is 5.91 Å². The van der Waals surface area contributed by atoms with E-state index in [1.165, 1.54) is 0 Å². The predicted molar refractivity (Wildman–Crippen MR) is 100 cm³/mol. The molecule has 0 aliphatic carbocycles. The minimum Gasteiger partial charge on any atom is -0.494 e. The van der Waals surface area contributed by atoms with Gasteiger partial charge >= 0.3 is 0 Å². The summed E-state index contributed by atoms with van der Waals surface area (Å²) >= 11 is 5.90. The van der Waals surface area contributed by atoms with Gasteiger partial charge in [-0.3, -0.25) is 9.78 Å². The lowest BCUT2D eigenvalue weighted by Crippen LogP contribution is -2.10. The van der Waals surface area contributed by atoms with Crippen LogP contribution in [-0.4, -0.2) is 23.0 Å². The summed E-state index contributed by atoms with van der Waals surface area (Å²) in [5, 5.41) is 4.40. The first-order valence-corrected chi connectivity index (χ1v) is 8.30. The lowest BCUT2D eigenvalue weighted by atomic mass is 10.1. The number of anilines is 1. The second kappa shape index (κ2) is 7.07. The van der Waals surface area contributed by atoms with Gasteiger partial charge in [0.25, 0.3) is 0 Å². The topological polar surface area (TPSA) is 64.1 Å². The van der Waals surface area contributed by atoms with Crippen molar-refractivity contribution >= 4 is 34.1 Å². The van der Waals surface area contributed by atoms with E-state index in [0.717, 1.165) is 27.9 Å². The smallest absolute Gasteiger partial charge is 0.224 e. The Balaban J connectivity index is 2.13. The van der Waals surface area contributed by atoms with E-state index >= 15 is 0 Å². The molecule has 0 atom stereocenters. The van der Waals surface area contributed by atoms with Gasteiger partial charge in [0.2, 0.25) is 5.91 Å². The molecule has 25 heavy (non-hydrogen) atoms. The Morgan fingerprint density at radius 1 is 1.24 bits per heavy atom. The average Bonchev–Trinajstić information content (AvgIpc) is 2.62. The number of hydrogen-bond donors (Lipinski definition) is 1. The third-order valence-corrected chi connectivity index (χ3v) is 4.15. The van der Waals surface area contributed by atoms with Gasteiger partial charge in [-0.05, 0) is 36.8 Å². The Bertz CT molecular complexity index is 940. The highest BCUT2D eigenvalue weighted by Gasteiger charge is 2.12. The molecule has 6 heteroatoms. The first kappa shape index (κ1) is 17.2. The molecule has 128 valence electrons. The molecule has 2 aromatic heterocycles. The lowest BCUT2D eigenvalue weighted by molar-refractivity contribution is -0.115. The molecule has 0 unspecified atom stereocenters. The maximum absolute atomic E-state index is 11.7. The average molecular weight is 356 g/mol. The first-order chi connectivity index (χ1) is 12.0. The number of carbonyl (C=O) groups excluding carboxylic acids is 1. The molecule has 0 spiro atoms. The molecule has 2 heterocycles. The van der Waals surface area contributed by atoms with Crippen LogP contribution in [-0.2, 0) is 4.79 Å². The number of hydrogen-bond acceptors (Lipinski definition) is 4. The maximum Gasteiger partial charge on any atom is 0.224 e. The zero-order valence-corrected chi connectivity index (χ0v) is 15.0. The number of halogens is 1. The third kappa shape index (κ3) is 3.56. The van der Waals surface area contributed by atoms with Crippen LogP contribution in [0.2, 0.25) is 5.02 Å². The zero-order chi connectivity index (χ0) is 18.0. The van der Waals surface area contributed by atoms with Crippen molar-refractivity contribution < 1.29 is 9.53 Å². The van der Waals surface area contributed by atoms with Crippen molar-refractivity contribution in [3.63, 3.8) is 0 Å². The molecular weight excluding hydrogens is 338 g/mol. The summed E-state index contributed by atoms with van der Waals surface area (Å²) in [6, 6.07) is 9.31. The van der Waals surface area contributed by atoms with Crippen LogP contribution < -0.4 is 10.1 Å². The van der Waals surface area contributed by atoms with Crippen LogP contribution in [0.3, 0.4) is 0 Å². The lowest BCUT2D eigenvalue weighted by Gasteiger charge is -2.13. The Labute approximate surface area is 151 Å². The van der Waals surface area contributed by atoms with Gasteiger partial charge in [-0.15, -0.1) is 0 Å². The van der Waals surface area contributed by atoms with Crippen LogP contribution in [0.15, 0.2) is 36.5 Å². The quantitative estimate of drug-likeness (QED) is 0.741. The summed E-state index contributed by atoms with van der Waals surface area (Å²) in [6.45, 7) is 3.81. The van der Waals surface area contributed by atoms with E-state index in [1.54, 1.807) is 26.3 Å². The molecule has 1 amide bonds. The van der Waals surface area contributed by atoms with Gasteiger partial charge in [0.05, 0.1) is 34.7 Å². The number of rotatable bonds is 4. The monoisotopic (exact) mass is 355 g/mol. The van der Waals surface area contributed by atoms with Crippen molar-refractivity contribution in [1.29, 1.82) is 0 Å². The summed E-state index contributed by atoms with van der Waals surface area (Å²) in [4.78, 5) is 20.7. The van der Waals surface area contributed by atoms with E-state index < -0.39 is 0 Å². The van der Waals surface area contributed by atoms with Crippen LogP contribution in [0.4, 0.5) is 5.69 Å². The molecule has 0 fully saturated rings. The highest BCUT2D eigenvalue weighted by molar-refractivity contribution is 6.30. The highest BCUT2D eigenvalue weighted by Crippen LogP contribution is 2.33. The number of benzene rings is 1. The van der Waals surface area contributed by atoms with E-state index in [4.69, 9.17) is 16.3 Å². The molecule has 0 bridgehead atoms. The van der Waals surface area contributed by atoms with Crippen LogP contribution >= 0.6 is 11.6 Å². The highest BCUT2D eigenvalue weighted by atomic mass is 35.5. The van der Waals surface area contributed by atoms with Gasteiger partial charge in [-0.1, -0.05) is 18.5 Å². The van der Waals surface area contributed by atoms with Gasteiger partial charge in [-0.25, -0.2) is 4.98 Å². The van der Waals surface area contributed by atoms with Gasteiger partial charge in [0, 0.05) is 24.1 Å². The number of methoxy groups -OCH3 is 1. The van der Waals surface area contributed by atoms with Crippen molar-refractivity contribution in [2.45, 2.75) is 20.3 Å². The molecule has 1 N–H and O–H groups in total. The Hall–Kier alpha value is -2.66. The second-order valence-electron chi connectivity index (χ2n) is 5.66. The number of amides is 1. The molecule has 0 aliphatic rings. The molecule has 5 nitrogen and oxygen atoms in total. The number of pyridine rings is 2. The second-order valence-corrected chi connectivity index (χ2v) is 6.09. The summed E-state index contributed by atoms with van der Waals surface area (Å²) in [6.07, 6.45) is 2.00. The molecule has 0 radical (unpaired) electrons. The first-order valence-electron chi connectivity index (χ1n) is 7.93. The number of aromatic nitrogens is 2. The number of ether oxygens (including phenoxy) is 1. The number of fused-ring (bicyclic) bond motifs is 1. The molecule has 0 saturated heterocycles. The van der Waals surface area contributed by atoms with Crippen molar-refractivity contribution in [3.05, 3.63) is 47.1 Å². The van der Waals surface area contributed by atoms with Gasteiger partial charge in [-0.2, -0.15) is 0 Å².